The van der Waals surface area contributed by atoms with E-state index in [1.165, 1.54) is 6.21 Å². The summed E-state index contributed by atoms with van der Waals surface area (Å²) in [6.45, 7) is 2.91. The molecule has 0 aliphatic carbocycles. The summed E-state index contributed by atoms with van der Waals surface area (Å²) in [5, 5.41) is 4.63. The Kier molecular flexibility index (Phi) is 5.04. The van der Waals surface area contributed by atoms with Crippen LogP contribution in [0, 0.1) is 6.92 Å². The second-order valence-corrected chi connectivity index (χ2v) is 6.63. The number of aryl methyl sites for hydroxylation is 1. The summed E-state index contributed by atoms with van der Waals surface area (Å²) >= 11 is 6.16. The molecule has 7 heteroatoms. The number of hydrazone groups is 1. The number of halogens is 1. The number of fused-ring (bicyclic) bond motifs is 1. The maximum atomic E-state index is 12.3. The second kappa shape index (κ2) is 7.78. The fourth-order valence-electron chi connectivity index (χ4n) is 2.73. The minimum Gasteiger partial charge on any atom is -0.486 e. The molecular formula is C21H17ClN2O4. The second-order valence-electron chi connectivity index (χ2n) is 6.22. The van der Waals surface area contributed by atoms with E-state index in [4.69, 9.17) is 25.5 Å². The lowest BCUT2D eigenvalue weighted by atomic mass is 10.1. The maximum absolute atomic E-state index is 12.3. The van der Waals surface area contributed by atoms with Crippen LogP contribution in [-0.4, -0.2) is 25.3 Å². The highest BCUT2D eigenvalue weighted by Gasteiger charge is 2.14. The van der Waals surface area contributed by atoms with Gasteiger partial charge >= 0.3 is 0 Å². The number of hydrogen-bond donors (Lipinski definition) is 1. The normalized spacial score (nSPS) is 12.9. The molecule has 1 amide bonds. The van der Waals surface area contributed by atoms with Crippen molar-refractivity contribution in [2.75, 3.05) is 13.2 Å². The molecule has 0 bridgehead atoms. The third-order valence-electron chi connectivity index (χ3n) is 4.25. The minimum absolute atomic E-state index is 0.356. The van der Waals surface area contributed by atoms with Crippen LogP contribution in [-0.2, 0) is 0 Å². The van der Waals surface area contributed by atoms with Crippen molar-refractivity contribution in [1.29, 1.82) is 0 Å². The lowest BCUT2D eigenvalue weighted by molar-refractivity contribution is 0.0954. The molecule has 1 aliphatic rings. The van der Waals surface area contributed by atoms with Crippen molar-refractivity contribution in [3.63, 3.8) is 0 Å². The Labute approximate surface area is 166 Å². The summed E-state index contributed by atoms with van der Waals surface area (Å²) in [5.74, 6) is 2.00. The van der Waals surface area contributed by atoms with Gasteiger partial charge in [-0.2, -0.15) is 5.10 Å². The number of rotatable bonds is 4. The zero-order chi connectivity index (χ0) is 19.5. The third-order valence-corrected chi connectivity index (χ3v) is 4.65. The van der Waals surface area contributed by atoms with E-state index in [2.05, 4.69) is 10.5 Å². The Bertz CT molecular complexity index is 1060. The van der Waals surface area contributed by atoms with Crippen LogP contribution in [0.4, 0.5) is 0 Å². The van der Waals surface area contributed by atoms with Gasteiger partial charge in [0.15, 0.2) is 11.5 Å². The molecule has 2 aromatic carbocycles. The largest absolute Gasteiger partial charge is 0.486 e. The van der Waals surface area contributed by atoms with Gasteiger partial charge in [-0.15, -0.1) is 0 Å². The van der Waals surface area contributed by atoms with E-state index in [-0.39, 0.29) is 5.91 Å². The van der Waals surface area contributed by atoms with Crippen molar-refractivity contribution >= 4 is 23.7 Å². The van der Waals surface area contributed by atoms with Gasteiger partial charge in [0.1, 0.15) is 24.7 Å². The summed E-state index contributed by atoms with van der Waals surface area (Å²) in [6, 6.07) is 14.3. The smallest absolute Gasteiger partial charge is 0.271 e. The van der Waals surface area contributed by atoms with Crippen LogP contribution in [0.5, 0.6) is 11.5 Å². The molecule has 0 saturated carbocycles. The number of carbonyl (C=O) groups is 1. The van der Waals surface area contributed by atoms with Gasteiger partial charge in [-0.05, 0) is 48.9 Å². The van der Waals surface area contributed by atoms with Gasteiger partial charge < -0.3 is 13.9 Å². The molecule has 0 saturated heterocycles. The van der Waals surface area contributed by atoms with Crippen molar-refractivity contribution in [3.05, 3.63) is 70.4 Å². The molecule has 0 unspecified atom stereocenters. The number of carbonyl (C=O) groups excluding carboxylic acids is 1. The van der Waals surface area contributed by atoms with Crippen LogP contribution in [0.25, 0.3) is 11.3 Å². The van der Waals surface area contributed by atoms with Gasteiger partial charge in [0.2, 0.25) is 0 Å². The van der Waals surface area contributed by atoms with E-state index in [1.807, 2.05) is 31.2 Å². The average molecular weight is 397 g/mol. The summed E-state index contributed by atoms with van der Waals surface area (Å²) in [4.78, 5) is 12.3. The van der Waals surface area contributed by atoms with Crippen molar-refractivity contribution < 1.29 is 18.7 Å². The molecule has 3 aromatic rings. The van der Waals surface area contributed by atoms with Crippen molar-refractivity contribution in [3.8, 4) is 22.8 Å². The van der Waals surface area contributed by atoms with Gasteiger partial charge in [0, 0.05) is 16.1 Å². The fraction of sp³-hybridized carbons (Fsp3) is 0.143. The molecule has 1 aliphatic heterocycles. The number of benzene rings is 2. The van der Waals surface area contributed by atoms with Crippen LogP contribution in [0.15, 0.2) is 58.0 Å². The Morgan fingerprint density at radius 1 is 1.07 bits per heavy atom. The monoisotopic (exact) mass is 396 g/mol. The number of nitrogens with zero attached hydrogens (tertiary/aromatic N) is 1. The molecule has 0 radical (unpaired) electrons. The molecular weight excluding hydrogens is 380 g/mol. The molecule has 0 spiro atoms. The molecule has 4 rings (SSSR count). The Balaban J connectivity index is 1.41. The molecule has 1 aromatic heterocycles. The number of amides is 1. The van der Waals surface area contributed by atoms with Crippen molar-refractivity contribution in [2.24, 2.45) is 5.10 Å². The van der Waals surface area contributed by atoms with Crippen LogP contribution in [0.3, 0.4) is 0 Å². The summed E-state index contributed by atoms with van der Waals surface area (Å²) in [6.07, 6.45) is 1.44. The van der Waals surface area contributed by atoms with Gasteiger partial charge in [0.25, 0.3) is 5.91 Å². The fourth-order valence-corrected chi connectivity index (χ4v) is 2.91. The summed E-state index contributed by atoms with van der Waals surface area (Å²) in [7, 11) is 0. The highest BCUT2D eigenvalue weighted by atomic mass is 35.5. The van der Waals surface area contributed by atoms with Crippen LogP contribution >= 0.6 is 11.6 Å². The number of nitrogens with one attached hydrogen (secondary N) is 1. The Morgan fingerprint density at radius 2 is 1.89 bits per heavy atom. The van der Waals surface area contributed by atoms with Crippen LogP contribution in [0.1, 0.15) is 21.7 Å². The maximum Gasteiger partial charge on any atom is 0.271 e. The zero-order valence-electron chi connectivity index (χ0n) is 15.1. The highest BCUT2D eigenvalue weighted by Crippen LogP contribution is 2.30. The van der Waals surface area contributed by atoms with E-state index < -0.39 is 0 Å². The average Bonchev–Trinajstić information content (AvgIpc) is 3.18. The number of ether oxygens (including phenoxy) is 2. The predicted octanol–water partition coefficient (Wildman–Crippen LogP) is 4.44. The van der Waals surface area contributed by atoms with Gasteiger partial charge in [-0.1, -0.05) is 23.7 Å². The predicted molar refractivity (Wildman–Crippen MR) is 106 cm³/mol. The van der Waals surface area contributed by atoms with E-state index in [1.54, 1.807) is 24.3 Å². The van der Waals surface area contributed by atoms with Crippen LogP contribution < -0.4 is 14.9 Å². The Hall–Kier alpha value is -3.25. The number of furan rings is 1. The van der Waals surface area contributed by atoms with Crippen molar-refractivity contribution in [2.45, 2.75) is 6.92 Å². The SMILES string of the molecule is Cc1ccc(-c2ccc(C=NNC(=O)c3ccc4c(c3)OCCO4)o2)cc1Cl. The highest BCUT2D eigenvalue weighted by molar-refractivity contribution is 6.31. The van der Waals surface area contributed by atoms with E-state index >= 15 is 0 Å². The van der Waals surface area contributed by atoms with Crippen molar-refractivity contribution in [1.82, 2.24) is 5.43 Å². The van der Waals surface area contributed by atoms with Gasteiger partial charge in [0.05, 0.1) is 6.21 Å². The molecule has 0 atom stereocenters. The first kappa shape index (κ1) is 18.1. The number of hydrogen-bond acceptors (Lipinski definition) is 5. The van der Waals surface area contributed by atoms with E-state index in [9.17, 15) is 4.79 Å². The molecule has 28 heavy (non-hydrogen) atoms. The first-order chi connectivity index (χ1) is 13.6. The molecule has 6 nitrogen and oxygen atoms in total. The summed E-state index contributed by atoms with van der Waals surface area (Å²) < 4.78 is 16.7. The molecule has 1 N–H and O–H groups in total. The zero-order valence-corrected chi connectivity index (χ0v) is 15.8. The standard InChI is InChI=1S/C21H17ClN2O4/c1-13-2-3-14(10-17(13)22)18-7-5-16(28-18)12-23-24-21(25)15-4-6-19-20(11-15)27-9-8-26-19/h2-7,10-12H,8-9H2,1H3,(H,24,25). The molecule has 142 valence electrons. The minimum atomic E-state index is -0.356. The van der Waals surface area contributed by atoms with Crippen LogP contribution in [0.2, 0.25) is 5.02 Å². The lowest BCUT2D eigenvalue weighted by Gasteiger charge is -2.18. The third kappa shape index (κ3) is 3.87. The Morgan fingerprint density at radius 3 is 2.71 bits per heavy atom. The molecule has 2 heterocycles. The first-order valence-electron chi connectivity index (χ1n) is 8.69. The molecule has 0 fully saturated rings. The van der Waals surface area contributed by atoms with Gasteiger partial charge in [-0.25, -0.2) is 5.43 Å². The summed E-state index contributed by atoms with van der Waals surface area (Å²) in [5.41, 5.74) is 4.77. The first-order valence-corrected chi connectivity index (χ1v) is 9.07. The van der Waals surface area contributed by atoms with Gasteiger partial charge in [-0.3, -0.25) is 4.79 Å². The van der Waals surface area contributed by atoms with E-state index in [0.717, 1.165) is 11.1 Å². The topological polar surface area (TPSA) is 73.1 Å². The lowest BCUT2D eigenvalue weighted by Crippen LogP contribution is -2.19. The quantitative estimate of drug-likeness (QED) is 0.522. The van der Waals surface area contributed by atoms with E-state index in [0.29, 0.717) is 46.8 Å².